The molecule has 0 aromatic heterocycles. The van der Waals surface area contributed by atoms with Gasteiger partial charge in [-0.2, -0.15) is 8.78 Å². The van der Waals surface area contributed by atoms with Crippen LogP contribution >= 0.6 is 0 Å². The summed E-state index contributed by atoms with van der Waals surface area (Å²) in [6.07, 6.45) is 5.21. The van der Waals surface area contributed by atoms with Crippen LogP contribution in [0.3, 0.4) is 0 Å². The fourth-order valence-electron chi connectivity index (χ4n) is 2.95. The third-order valence-corrected chi connectivity index (χ3v) is 4.20. The summed E-state index contributed by atoms with van der Waals surface area (Å²) < 4.78 is 29.2. The molecule has 1 saturated carbocycles. The van der Waals surface area contributed by atoms with Gasteiger partial charge in [0.2, 0.25) is 0 Å². The second-order valence-corrected chi connectivity index (χ2v) is 5.64. The molecule has 0 radical (unpaired) electrons. The van der Waals surface area contributed by atoms with Gasteiger partial charge in [-0.05, 0) is 30.9 Å². The van der Waals surface area contributed by atoms with Crippen LogP contribution in [0.4, 0.5) is 8.78 Å². The van der Waals surface area contributed by atoms with Crippen molar-refractivity contribution >= 4 is 0 Å². The zero-order valence-electron chi connectivity index (χ0n) is 11.9. The number of para-hydroxylation sites is 1. The van der Waals surface area contributed by atoms with Gasteiger partial charge in [0.1, 0.15) is 5.75 Å². The van der Waals surface area contributed by atoms with Crippen molar-refractivity contribution in [3.8, 4) is 5.75 Å². The summed E-state index contributed by atoms with van der Waals surface area (Å²) in [6, 6.07) is 6.98. The van der Waals surface area contributed by atoms with E-state index >= 15 is 0 Å². The number of nitrogens with one attached hydrogen (secondary N) is 1. The van der Waals surface area contributed by atoms with Gasteiger partial charge in [-0.15, -0.1) is 0 Å². The molecule has 0 amide bonds. The van der Waals surface area contributed by atoms with Crippen molar-refractivity contribution in [2.75, 3.05) is 6.54 Å². The monoisotopic (exact) mass is 283 g/mol. The maximum Gasteiger partial charge on any atom is 0.387 e. The number of hydrogen-bond donors (Lipinski definition) is 1. The van der Waals surface area contributed by atoms with Gasteiger partial charge in [0, 0.05) is 12.1 Å². The minimum absolute atomic E-state index is 0.270. The van der Waals surface area contributed by atoms with E-state index in [1.165, 1.54) is 25.7 Å². The van der Waals surface area contributed by atoms with E-state index < -0.39 is 6.61 Å². The van der Waals surface area contributed by atoms with Crippen LogP contribution in [0.25, 0.3) is 0 Å². The molecule has 2 nitrogen and oxygen atoms in total. The third-order valence-electron chi connectivity index (χ3n) is 4.20. The smallest absolute Gasteiger partial charge is 0.387 e. The van der Waals surface area contributed by atoms with Gasteiger partial charge in [0.15, 0.2) is 0 Å². The van der Waals surface area contributed by atoms with Crippen LogP contribution < -0.4 is 10.1 Å². The highest BCUT2D eigenvalue weighted by molar-refractivity contribution is 5.33. The number of rotatable bonds is 6. The van der Waals surface area contributed by atoms with Crippen molar-refractivity contribution in [3.63, 3.8) is 0 Å². The molecule has 1 aromatic rings. The quantitative estimate of drug-likeness (QED) is 0.844. The van der Waals surface area contributed by atoms with Crippen LogP contribution in [-0.2, 0) is 6.54 Å². The van der Waals surface area contributed by atoms with E-state index in [0.29, 0.717) is 12.5 Å². The maximum atomic E-state index is 12.3. The van der Waals surface area contributed by atoms with E-state index in [0.717, 1.165) is 18.0 Å². The molecule has 0 spiro atoms. The summed E-state index contributed by atoms with van der Waals surface area (Å²) in [6.45, 7) is 1.06. The molecule has 2 rings (SSSR count). The van der Waals surface area contributed by atoms with E-state index in [1.807, 2.05) is 12.1 Å². The Labute approximate surface area is 119 Å². The third kappa shape index (κ3) is 4.44. The lowest BCUT2D eigenvalue weighted by Gasteiger charge is -2.29. The van der Waals surface area contributed by atoms with Crippen LogP contribution in [0.2, 0.25) is 0 Å². The van der Waals surface area contributed by atoms with Crippen molar-refractivity contribution in [1.82, 2.24) is 5.32 Å². The van der Waals surface area contributed by atoms with Gasteiger partial charge < -0.3 is 10.1 Å². The molecule has 4 heteroatoms. The number of alkyl halides is 2. The van der Waals surface area contributed by atoms with E-state index in [4.69, 9.17) is 0 Å². The molecule has 1 fully saturated rings. The first-order chi connectivity index (χ1) is 9.66. The molecule has 0 saturated heterocycles. The molecule has 20 heavy (non-hydrogen) atoms. The standard InChI is InChI=1S/C16H23F2NO/c1-12-6-2-3-7-13(12)10-19-11-14-8-4-5-9-15(14)20-16(17)18/h4-5,8-9,12-13,16,19H,2-3,6-7,10-11H2,1H3. The fraction of sp³-hybridized carbons (Fsp3) is 0.625. The van der Waals surface area contributed by atoms with Crippen molar-refractivity contribution in [2.24, 2.45) is 11.8 Å². The minimum Gasteiger partial charge on any atom is -0.434 e. The normalized spacial score (nSPS) is 23.0. The van der Waals surface area contributed by atoms with Crippen LogP contribution in [0.15, 0.2) is 24.3 Å². The van der Waals surface area contributed by atoms with Crippen LogP contribution in [-0.4, -0.2) is 13.2 Å². The zero-order valence-corrected chi connectivity index (χ0v) is 11.9. The molecule has 1 N–H and O–H groups in total. The average molecular weight is 283 g/mol. The number of ether oxygens (including phenoxy) is 1. The summed E-state index contributed by atoms with van der Waals surface area (Å²) in [5, 5.41) is 3.39. The molecule has 2 atom stereocenters. The van der Waals surface area contributed by atoms with Crippen molar-refractivity contribution in [1.29, 1.82) is 0 Å². The average Bonchev–Trinajstić information content (AvgIpc) is 2.42. The first-order valence-corrected chi connectivity index (χ1v) is 7.40. The second kappa shape index (κ2) is 7.58. The molecule has 0 bridgehead atoms. The largest absolute Gasteiger partial charge is 0.434 e. The van der Waals surface area contributed by atoms with Gasteiger partial charge in [0.05, 0.1) is 0 Å². The lowest BCUT2D eigenvalue weighted by Crippen LogP contribution is -2.29. The SMILES string of the molecule is CC1CCCCC1CNCc1ccccc1OC(F)F. The lowest BCUT2D eigenvalue weighted by molar-refractivity contribution is -0.0505. The first-order valence-electron chi connectivity index (χ1n) is 7.40. The minimum atomic E-state index is -2.77. The van der Waals surface area contributed by atoms with Gasteiger partial charge in [-0.3, -0.25) is 0 Å². The van der Waals surface area contributed by atoms with Gasteiger partial charge in [-0.1, -0.05) is 44.4 Å². The second-order valence-electron chi connectivity index (χ2n) is 5.64. The highest BCUT2D eigenvalue weighted by Gasteiger charge is 2.20. The summed E-state index contributed by atoms with van der Waals surface area (Å²) in [5.41, 5.74) is 0.788. The van der Waals surface area contributed by atoms with Gasteiger partial charge in [0.25, 0.3) is 0 Å². The molecule has 2 unspecified atom stereocenters. The predicted molar refractivity (Wildman–Crippen MR) is 75.9 cm³/mol. The fourth-order valence-corrected chi connectivity index (χ4v) is 2.95. The summed E-state index contributed by atoms with van der Waals surface area (Å²) in [7, 11) is 0. The van der Waals surface area contributed by atoms with Crippen LogP contribution in [0.5, 0.6) is 5.75 Å². The topological polar surface area (TPSA) is 21.3 Å². The number of benzene rings is 1. The Kier molecular flexibility index (Phi) is 5.77. The Balaban J connectivity index is 1.84. The van der Waals surface area contributed by atoms with E-state index in [2.05, 4.69) is 17.0 Å². The molecule has 0 aliphatic heterocycles. The molecule has 1 aliphatic carbocycles. The Hall–Kier alpha value is -1.16. The van der Waals surface area contributed by atoms with Crippen molar-refractivity contribution in [3.05, 3.63) is 29.8 Å². The van der Waals surface area contributed by atoms with Crippen LogP contribution in [0, 0.1) is 11.8 Å². The first kappa shape index (κ1) is 15.2. The van der Waals surface area contributed by atoms with Gasteiger partial charge in [-0.25, -0.2) is 0 Å². The van der Waals surface area contributed by atoms with Crippen LogP contribution in [0.1, 0.15) is 38.2 Å². The summed E-state index contributed by atoms with van der Waals surface area (Å²) in [4.78, 5) is 0. The number of hydrogen-bond acceptors (Lipinski definition) is 2. The molecular formula is C16H23F2NO. The molecule has 1 aliphatic rings. The Bertz CT molecular complexity index is 411. The van der Waals surface area contributed by atoms with E-state index in [1.54, 1.807) is 12.1 Å². The Morgan fingerprint density at radius 3 is 2.75 bits per heavy atom. The Morgan fingerprint density at radius 1 is 1.25 bits per heavy atom. The summed E-state index contributed by atoms with van der Waals surface area (Å²) >= 11 is 0. The highest BCUT2D eigenvalue weighted by Crippen LogP contribution is 2.29. The number of halogens is 2. The van der Waals surface area contributed by atoms with Crippen molar-refractivity contribution < 1.29 is 13.5 Å². The van der Waals surface area contributed by atoms with Crippen molar-refractivity contribution in [2.45, 2.75) is 45.8 Å². The molecule has 1 aromatic carbocycles. The summed E-state index contributed by atoms with van der Waals surface area (Å²) in [5.74, 6) is 1.72. The Morgan fingerprint density at radius 2 is 2.00 bits per heavy atom. The predicted octanol–water partition coefficient (Wildman–Crippen LogP) is 4.20. The molecular weight excluding hydrogens is 260 g/mol. The maximum absolute atomic E-state index is 12.3. The molecule has 0 heterocycles. The highest BCUT2D eigenvalue weighted by atomic mass is 19.3. The zero-order chi connectivity index (χ0) is 14.4. The lowest BCUT2D eigenvalue weighted by atomic mass is 9.80. The van der Waals surface area contributed by atoms with E-state index in [-0.39, 0.29) is 5.75 Å². The molecule has 112 valence electrons. The van der Waals surface area contributed by atoms with E-state index in [9.17, 15) is 8.78 Å². The van der Waals surface area contributed by atoms with Gasteiger partial charge >= 0.3 is 6.61 Å².